The van der Waals surface area contributed by atoms with E-state index in [1.54, 1.807) is 19.1 Å². The average Bonchev–Trinajstić information content (AvgIpc) is 2.53. The van der Waals surface area contributed by atoms with Gasteiger partial charge in [-0.1, -0.05) is 0 Å². The van der Waals surface area contributed by atoms with E-state index in [1.807, 2.05) is 0 Å². The van der Waals surface area contributed by atoms with Crippen LogP contribution in [0, 0.1) is 0 Å². The Hall–Kier alpha value is -1.29. The molecule has 0 aliphatic heterocycles. The van der Waals surface area contributed by atoms with Gasteiger partial charge in [0.25, 0.3) is 0 Å². The van der Waals surface area contributed by atoms with Crippen LogP contribution in [0.5, 0.6) is 0 Å². The Morgan fingerprint density at radius 1 is 1.77 bits per heavy atom. The molecular formula is C9H13NO3. The maximum atomic E-state index is 11.1. The molecule has 0 saturated carbocycles. The van der Waals surface area contributed by atoms with Crippen LogP contribution < -0.4 is 5.32 Å². The quantitative estimate of drug-likeness (QED) is 0.706. The smallest absolute Gasteiger partial charge is 0.227 e. The summed E-state index contributed by atoms with van der Waals surface area (Å²) in [5.41, 5.74) is 0. The number of hydrogen-bond donors (Lipinski definition) is 2. The van der Waals surface area contributed by atoms with Crippen LogP contribution in [0.15, 0.2) is 22.8 Å². The van der Waals surface area contributed by atoms with Crippen molar-refractivity contribution in [1.82, 2.24) is 5.32 Å². The van der Waals surface area contributed by atoms with Crippen LogP contribution in [0.3, 0.4) is 0 Å². The first-order valence-corrected chi connectivity index (χ1v) is 4.15. The third-order valence-electron chi connectivity index (χ3n) is 1.51. The van der Waals surface area contributed by atoms with Gasteiger partial charge in [-0.2, -0.15) is 0 Å². The predicted octanol–water partition coefficient (Wildman–Crippen LogP) is 0.319. The fraction of sp³-hybridized carbons (Fsp3) is 0.444. The van der Waals surface area contributed by atoms with Gasteiger partial charge in [-0.05, 0) is 19.1 Å². The van der Waals surface area contributed by atoms with Crippen LogP contribution in [-0.2, 0) is 11.2 Å². The molecule has 0 saturated heterocycles. The Kier molecular flexibility index (Phi) is 3.52. The number of carbonyl (C=O) groups is 1. The zero-order valence-electron chi connectivity index (χ0n) is 7.49. The molecule has 1 aromatic heterocycles. The Morgan fingerprint density at radius 3 is 3.08 bits per heavy atom. The van der Waals surface area contributed by atoms with E-state index in [1.165, 1.54) is 6.26 Å². The van der Waals surface area contributed by atoms with Crippen molar-refractivity contribution in [3.8, 4) is 0 Å². The number of rotatable bonds is 4. The van der Waals surface area contributed by atoms with Crippen molar-refractivity contribution in [2.45, 2.75) is 19.4 Å². The highest BCUT2D eigenvalue weighted by Gasteiger charge is 2.05. The van der Waals surface area contributed by atoms with E-state index >= 15 is 0 Å². The predicted molar refractivity (Wildman–Crippen MR) is 47.1 cm³/mol. The van der Waals surface area contributed by atoms with Gasteiger partial charge in [-0.25, -0.2) is 0 Å². The second kappa shape index (κ2) is 4.67. The summed E-state index contributed by atoms with van der Waals surface area (Å²) >= 11 is 0. The van der Waals surface area contributed by atoms with E-state index in [4.69, 9.17) is 9.52 Å². The van der Waals surface area contributed by atoms with E-state index in [-0.39, 0.29) is 18.9 Å². The van der Waals surface area contributed by atoms with Crippen LogP contribution in [0.2, 0.25) is 0 Å². The molecule has 4 nitrogen and oxygen atoms in total. The van der Waals surface area contributed by atoms with Gasteiger partial charge < -0.3 is 14.8 Å². The maximum Gasteiger partial charge on any atom is 0.227 e. The van der Waals surface area contributed by atoms with Crippen molar-refractivity contribution in [2.24, 2.45) is 0 Å². The fourth-order valence-corrected chi connectivity index (χ4v) is 0.895. The van der Waals surface area contributed by atoms with E-state index < -0.39 is 6.10 Å². The molecule has 0 spiro atoms. The molecule has 0 fully saturated rings. The van der Waals surface area contributed by atoms with Crippen molar-refractivity contribution in [3.63, 3.8) is 0 Å². The number of furan rings is 1. The van der Waals surface area contributed by atoms with Crippen LogP contribution in [0.1, 0.15) is 12.7 Å². The summed E-state index contributed by atoms with van der Waals surface area (Å²) in [4.78, 5) is 11.1. The second-order valence-corrected chi connectivity index (χ2v) is 2.91. The van der Waals surface area contributed by atoms with Crippen molar-refractivity contribution >= 4 is 5.91 Å². The van der Waals surface area contributed by atoms with Crippen LogP contribution in [-0.4, -0.2) is 23.7 Å². The molecule has 0 radical (unpaired) electrons. The molecule has 1 aromatic rings. The summed E-state index contributed by atoms with van der Waals surface area (Å²) in [6.07, 6.45) is 1.23. The lowest BCUT2D eigenvalue weighted by atomic mass is 10.3. The largest absolute Gasteiger partial charge is 0.469 e. The Balaban J connectivity index is 2.26. The molecule has 2 N–H and O–H groups in total. The highest BCUT2D eigenvalue weighted by atomic mass is 16.3. The Bertz CT molecular complexity index is 254. The first-order chi connectivity index (χ1) is 6.18. The molecule has 1 rings (SSSR count). The molecule has 13 heavy (non-hydrogen) atoms. The Labute approximate surface area is 76.6 Å². The topological polar surface area (TPSA) is 62.5 Å². The van der Waals surface area contributed by atoms with Gasteiger partial charge in [0.15, 0.2) is 0 Å². The fourth-order valence-electron chi connectivity index (χ4n) is 0.895. The van der Waals surface area contributed by atoms with E-state index in [9.17, 15) is 4.79 Å². The average molecular weight is 183 g/mol. The molecule has 1 atom stereocenters. The van der Waals surface area contributed by atoms with Gasteiger partial charge in [0, 0.05) is 6.54 Å². The number of amides is 1. The normalized spacial score (nSPS) is 12.5. The summed E-state index contributed by atoms with van der Waals surface area (Å²) in [7, 11) is 0. The van der Waals surface area contributed by atoms with Crippen LogP contribution in [0.4, 0.5) is 0 Å². The summed E-state index contributed by atoms with van der Waals surface area (Å²) in [5.74, 6) is 0.485. The molecule has 0 aromatic carbocycles. The summed E-state index contributed by atoms with van der Waals surface area (Å²) in [5, 5.41) is 11.5. The molecule has 0 aliphatic carbocycles. The lowest BCUT2D eigenvalue weighted by Gasteiger charge is -2.05. The maximum absolute atomic E-state index is 11.1. The lowest BCUT2D eigenvalue weighted by Crippen LogP contribution is -2.31. The molecular weight excluding hydrogens is 170 g/mol. The monoisotopic (exact) mass is 183 g/mol. The molecule has 72 valence electrons. The van der Waals surface area contributed by atoms with Gasteiger partial charge >= 0.3 is 0 Å². The number of hydrogen-bond acceptors (Lipinski definition) is 3. The second-order valence-electron chi connectivity index (χ2n) is 2.91. The lowest BCUT2D eigenvalue weighted by molar-refractivity contribution is -0.121. The van der Waals surface area contributed by atoms with Gasteiger partial charge in [0.05, 0.1) is 18.8 Å². The number of nitrogens with one attached hydrogen (secondary N) is 1. The van der Waals surface area contributed by atoms with Gasteiger partial charge in [-0.3, -0.25) is 4.79 Å². The molecule has 1 unspecified atom stereocenters. The SMILES string of the molecule is CC(O)CNC(=O)Cc1ccco1. The van der Waals surface area contributed by atoms with E-state index in [0.29, 0.717) is 5.76 Å². The third-order valence-corrected chi connectivity index (χ3v) is 1.51. The van der Waals surface area contributed by atoms with Crippen LogP contribution >= 0.6 is 0 Å². The first kappa shape index (κ1) is 9.80. The molecule has 0 aliphatic rings. The van der Waals surface area contributed by atoms with E-state index in [0.717, 1.165) is 0 Å². The minimum atomic E-state index is -0.513. The van der Waals surface area contributed by atoms with Crippen molar-refractivity contribution in [2.75, 3.05) is 6.54 Å². The number of carbonyl (C=O) groups excluding carboxylic acids is 1. The van der Waals surface area contributed by atoms with Crippen LogP contribution in [0.25, 0.3) is 0 Å². The van der Waals surface area contributed by atoms with Crippen molar-refractivity contribution < 1.29 is 14.3 Å². The molecule has 1 amide bonds. The molecule has 4 heteroatoms. The van der Waals surface area contributed by atoms with Gasteiger partial charge in [-0.15, -0.1) is 0 Å². The summed E-state index contributed by atoms with van der Waals surface area (Å²) in [6.45, 7) is 1.90. The standard InChI is InChI=1S/C9H13NO3/c1-7(11)6-10-9(12)5-8-3-2-4-13-8/h2-4,7,11H,5-6H2,1H3,(H,10,12). The highest BCUT2D eigenvalue weighted by Crippen LogP contribution is 2.00. The number of aliphatic hydroxyl groups is 1. The minimum absolute atomic E-state index is 0.143. The summed E-state index contributed by atoms with van der Waals surface area (Å²) < 4.78 is 4.99. The van der Waals surface area contributed by atoms with Crippen molar-refractivity contribution in [3.05, 3.63) is 24.2 Å². The Morgan fingerprint density at radius 2 is 2.54 bits per heavy atom. The van der Waals surface area contributed by atoms with Gasteiger partial charge in [0.1, 0.15) is 5.76 Å². The number of aliphatic hydroxyl groups excluding tert-OH is 1. The van der Waals surface area contributed by atoms with Gasteiger partial charge in [0.2, 0.25) is 5.91 Å². The molecule has 1 heterocycles. The minimum Gasteiger partial charge on any atom is -0.469 e. The third kappa shape index (κ3) is 3.75. The zero-order chi connectivity index (χ0) is 9.68. The van der Waals surface area contributed by atoms with Crippen molar-refractivity contribution in [1.29, 1.82) is 0 Å². The zero-order valence-corrected chi connectivity index (χ0v) is 7.49. The highest BCUT2D eigenvalue weighted by molar-refractivity contribution is 5.77. The molecule has 0 bridgehead atoms. The summed E-state index contributed by atoms with van der Waals surface area (Å²) in [6, 6.07) is 3.47. The van der Waals surface area contributed by atoms with E-state index in [2.05, 4.69) is 5.32 Å². The first-order valence-electron chi connectivity index (χ1n) is 4.15.